The Morgan fingerprint density at radius 3 is 2.00 bits per heavy atom. The molecule has 0 spiro atoms. The summed E-state index contributed by atoms with van der Waals surface area (Å²) in [7, 11) is 4.81. The van der Waals surface area contributed by atoms with Gasteiger partial charge in [-0.1, -0.05) is 39.8 Å². The van der Waals surface area contributed by atoms with Gasteiger partial charge in [0, 0.05) is 26.8 Å². The molecular formula is C21H34N4O4. The molecule has 0 heterocycles. The van der Waals surface area contributed by atoms with Crippen LogP contribution in [0, 0.1) is 11.8 Å². The zero-order valence-electron chi connectivity index (χ0n) is 18.4. The zero-order valence-corrected chi connectivity index (χ0v) is 18.4. The number of nitrogens with one attached hydrogen (secondary N) is 1. The number of hydrogen-bond acceptors (Lipinski definition) is 5. The van der Waals surface area contributed by atoms with E-state index in [0.717, 1.165) is 5.56 Å². The van der Waals surface area contributed by atoms with Gasteiger partial charge in [-0.05, 0) is 29.5 Å². The summed E-state index contributed by atoms with van der Waals surface area (Å²) in [5.41, 5.74) is 7.07. The van der Waals surface area contributed by atoms with E-state index in [1.54, 1.807) is 38.4 Å². The molecule has 0 saturated carbocycles. The highest BCUT2D eigenvalue weighted by atomic mass is 16.6. The van der Waals surface area contributed by atoms with Gasteiger partial charge < -0.3 is 20.7 Å². The van der Waals surface area contributed by atoms with Crippen molar-refractivity contribution >= 4 is 23.6 Å². The van der Waals surface area contributed by atoms with Gasteiger partial charge in [-0.2, -0.15) is 0 Å². The average Bonchev–Trinajstić information content (AvgIpc) is 2.64. The topological polar surface area (TPSA) is 105 Å². The van der Waals surface area contributed by atoms with Crippen LogP contribution in [0.1, 0.15) is 33.3 Å². The minimum Gasteiger partial charge on any atom is -0.445 e. The Balaban J connectivity index is 2.85. The van der Waals surface area contributed by atoms with E-state index in [1.165, 1.54) is 16.8 Å². The number of anilines is 1. The Morgan fingerprint density at radius 2 is 1.55 bits per heavy atom. The number of nitrogens with two attached hydrogens (primary N) is 1. The van der Waals surface area contributed by atoms with Crippen LogP contribution in [0.25, 0.3) is 0 Å². The van der Waals surface area contributed by atoms with Gasteiger partial charge in [0.2, 0.25) is 11.8 Å². The summed E-state index contributed by atoms with van der Waals surface area (Å²) >= 11 is 0. The molecule has 3 N–H and O–H groups in total. The van der Waals surface area contributed by atoms with E-state index in [0.29, 0.717) is 5.69 Å². The van der Waals surface area contributed by atoms with Gasteiger partial charge in [0.05, 0.1) is 0 Å². The van der Waals surface area contributed by atoms with Gasteiger partial charge in [-0.3, -0.25) is 14.5 Å². The molecule has 0 unspecified atom stereocenters. The van der Waals surface area contributed by atoms with Crippen LogP contribution in [-0.2, 0) is 20.9 Å². The number of nitrogens with zero attached hydrogens (tertiary/aromatic N) is 2. The van der Waals surface area contributed by atoms with Crippen molar-refractivity contribution in [3.05, 3.63) is 29.8 Å². The normalized spacial score (nSPS) is 13.0. The summed E-state index contributed by atoms with van der Waals surface area (Å²) in [5.74, 6) is -0.846. The second-order valence-corrected chi connectivity index (χ2v) is 8.06. The summed E-state index contributed by atoms with van der Waals surface area (Å²) in [6.07, 6.45) is -0.615. The molecule has 0 aliphatic rings. The van der Waals surface area contributed by atoms with Crippen LogP contribution in [0.2, 0.25) is 0 Å². The maximum Gasteiger partial charge on any atom is 0.410 e. The fraction of sp³-hybridized carbons (Fsp3) is 0.571. The average molecular weight is 407 g/mol. The highest BCUT2D eigenvalue weighted by Gasteiger charge is 2.34. The smallest absolute Gasteiger partial charge is 0.410 e. The third-order valence-electron chi connectivity index (χ3n) is 4.62. The molecule has 29 heavy (non-hydrogen) atoms. The first-order valence-corrected chi connectivity index (χ1v) is 9.71. The maximum atomic E-state index is 12.9. The van der Waals surface area contributed by atoms with Crippen molar-refractivity contribution in [2.24, 2.45) is 11.8 Å². The molecule has 1 aromatic rings. The zero-order chi connectivity index (χ0) is 22.3. The lowest BCUT2D eigenvalue weighted by atomic mass is 9.99. The van der Waals surface area contributed by atoms with E-state index in [9.17, 15) is 14.4 Å². The number of amides is 3. The number of hydrogen-bond donors (Lipinski definition) is 2. The lowest BCUT2D eigenvalue weighted by Crippen LogP contribution is -2.57. The molecule has 8 heteroatoms. The van der Waals surface area contributed by atoms with Crippen LogP contribution in [0.4, 0.5) is 10.5 Å². The number of benzene rings is 1. The van der Waals surface area contributed by atoms with Crippen molar-refractivity contribution < 1.29 is 19.1 Å². The third-order valence-corrected chi connectivity index (χ3v) is 4.62. The molecule has 2 atom stereocenters. The molecule has 1 aromatic carbocycles. The van der Waals surface area contributed by atoms with Crippen LogP contribution < -0.4 is 11.1 Å². The predicted octanol–water partition coefficient (Wildman–Crippen LogP) is 2.09. The van der Waals surface area contributed by atoms with Crippen molar-refractivity contribution in [3.63, 3.8) is 0 Å². The van der Waals surface area contributed by atoms with Gasteiger partial charge in [-0.25, -0.2) is 4.79 Å². The monoisotopic (exact) mass is 406 g/mol. The molecule has 1 rings (SSSR count). The van der Waals surface area contributed by atoms with Crippen molar-refractivity contribution in [2.45, 2.75) is 46.4 Å². The molecule has 0 aromatic heterocycles. The Labute approximate surface area is 173 Å². The second kappa shape index (κ2) is 10.7. The third kappa shape index (κ3) is 6.96. The first-order valence-electron chi connectivity index (χ1n) is 9.71. The maximum absolute atomic E-state index is 12.9. The van der Waals surface area contributed by atoms with E-state index >= 15 is 0 Å². The van der Waals surface area contributed by atoms with Gasteiger partial charge in [0.25, 0.3) is 0 Å². The Morgan fingerprint density at radius 1 is 1.00 bits per heavy atom. The molecule has 0 bridgehead atoms. The lowest BCUT2D eigenvalue weighted by Gasteiger charge is -2.32. The van der Waals surface area contributed by atoms with Crippen LogP contribution in [-0.4, -0.2) is 60.9 Å². The van der Waals surface area contributed by atoms with Crippen molar-refractivity contribution in [1.82, 2.24) is 15.1 Å². The highest BCUT2D eigenvalue weighted by molar-refractivity contribution is 5.91. The highest BCUT2D eigenvalue weighted by Crippen LogP contribution is 2.14. The van der Waals surface area contributed by atoms with E-state index in [2.05, 4.69) is 5.32 Å². The molecule has 0 aliphatic carbocycles. The quantitative estimate of drug-likeness (QED) is 0.643. The lowest BCUT2D eigenvalue weighted by molar-refractivity contribution is -0.137. The van der Waals surface area contributed by atoms with E-state index in [-0.39, 0.29) is 30.3 Å². The minimum absolute atomic E-state index is 0.0730. The summed E-state index contributed by atoms with van der Waals surface area (Å²) in [4.78, 5) is 40.6. The molecule has 8 nitrogen and oxygen atoms in total. The fourth-order valence-corrected chi connectivity index (χ4v) is 2.93. The second-order valence-electron chi connectivity index (χ2n) is 8.06. The first-order chi connectivity index (χ1) is 13.5. The number of carbonyl (C=O) groups is 3. The summed E-state index contributed by atoms with van der Waals surface area (Å²) < 4.78 is 5.34. The SMILES string of the molecule is CC(C)[C@H](NC(=O)[C@H](C(C)C)N(C)C(=O)OCc1ccc(N)cc1)C(=O)N(C)C. The van der Waals surface area contributed by atoms with Crippen LogP contribution in [0.5, 0.6) is 0 Å². The summed E-state index contributed by atoms with van der Waals surface area (Å²) in [6, 6.07) is 5.56. The number of nitrogen functional groups attached to an aromatic ring is 1. The fourth-order valence-electron chi connectivity index (χ4n) is 2.93. The van der Waals surface area contributed by atoms with Gasteiger partial charge in [0.1, 0.15) is 18.7 Å². The number of ether oxygens (including phenoxy) is 1. The Kier molecular flexibility index (Phi) is 8.94. The Hall–Kier alpha value is -2.77. The molecule has 0 radical (unpaired) electrons. The van der Waals surface area contributed by atoms with Crippen molar-refractivity contribution in [2.75, 3.05) is 26.9 Å². The largest absolute Gasteiger partial charge is 0.445 e. The van der Waals surface area contributed by atoms with Gasteiger partial charge >= 0.3 is 6.09 Å². The van der Waals surface area contributed by atoms with E-state index in [4.69, 9.17) is 10.5 Å². The molecule has 0 fully saturated rings. The first kappa shape index (κ1) is 24.3. The molecule has 0 saturated heterocycles. The van der Waals surface area contributed by atoms with Gasteiger partial charge in [0.15, 0.2) is 0 Å². The van der Waals surface area contributed by atoms with E-state index in [1.807, 2.05) is 27.7 Å². The van der Waals surface area contributed by atoms with E-state index < -0.39 is 18.2 Å². The van der Waals surface area contributed by atoms with Gasteiger partial charge in [-0.15, -0.1) is 0 Å². The number of carbonyl (C=O) groups excluding carboxylic acids is 3. The summed E-state index contributed by atoms with van der Waals surface area (Å²) in [5, 5.41) is 2.80. The molecular weight excluding hydrogens is 372 g/mol. The number of likely N-dealkylation sites (N-methyl/N-ethyl adjacent to an activating group) is 2. The molecule has 3 amide bonds. The number of rotatable bonds is 8. The molecule has 162 valence electrons. The van der Waals surface area contributed by atoms with Crippen molar-refractivity contribution in [1.29, 1.82) is 0 Å². The van der Waals surface area contributed by atoms with Crippen LogP contribution in [0.3, 0.4) is 0 Å². The standard InChI is InChI=1S/C21H34N4O4/c1-13(2)17(20(27)24(5)6)23-19(26)18(14(3)4)25(7)21(28)29-12-15-8-10-16(22)11-9-15/h8-11,13-14,17-18H,12,22H2,1-7H3,(H,23,26)/t17-,18-/m0/s1. The minimum atomic E-state index is -0.773. The Bertz CT molecular complexity index is 701. The summed E-state index contributed by atoms with van der Waals surface area (Å²) in [6.45, 7) is 7.48. The van der Waals surface area contributed by atoms with Crippen LogP contribution in [0.15, 0.2) is 24.3 Å². The predicted molar refractivity (Wildman–Crippen MR) is 113 cm³/mol. The van der Waals surface area contributed by atoms with Crippen LogP contribution >= 0.6 is 0 Å². The molecule has 0 aliphatic heterocycles. The van der Waals surface area contributed by atoms with Crippen molar-refractivity contribution in [3.8, 4) is 0 Å².